The van der Waals surface area contributed by atoms with E-state index in [1.54, 1.807) is 6.20 Å². The number of halogens is 4. The number of thiol groups is 1. The fraction of sp³-hybridized carbons (Fsp3) is 0.238. The van der Waals surface area contributed by atoms with Gasteiger partial charge in [-0.25, -0.2) is 0 Å². The van der Waals surface area contributed by atoms with Gasteiger partial charge in [0.25, 0.3) is 0 Å². The highest BCUT2D eigenvalue weighted by atomic mass is 35.5. The van der Waals surface area contributed by atoms with Crippen molar-refractivity contribution in [3.63, 3.8) is 0 Å². The van der Waals surface area contributed by atoms with Gasteiger partial charge in [0.2, 0.25) is 0 Å². The van der Waals surface area contributed by atoms with E-state index in [2.05, 4.69) is 37.0 Å². The van der Waals surface area contributed by atoms with Gasteiger partial charge < -0.3 is 0 Å². The van der Waals surface area contributed by atoms with Crippen LogP contribution in [0.3, 0.4) is 0 Å². The first kappa shape index (κ1) is 19.3. The summed E-state index contributed by atoms with van der Waals surface area (Å²) < 4.78 is 38.5. The summed E-state index contributed by atoms with van der Waals surface area (Å²) in [4.78, 5) is 2.26. The summed E-state index contributed by atoms with van der Waals surface area (Å²) in [7, 11) is -0.732. The Morgan fingerprint density at radius 2 is 1.54 bits per heavy atom. The molecule has 4 rings (SSSR count). The first-order valence-electron chi connectivity index (χ1n) is 8.71. The van der Waals surface area contributed by atoms with Crippen LogP contribution < -0.4 is 0 Å². The van der Waals surface area contributed by atoms with Crippen molar-refractivity contribution in [1.29, 1.82) is 0 Å². The van der Waals surface area contributed by atoms with E-state index in [0.717, 1.165) is 44.2 Å². The van der Waals surface area contributed by atoms with E-state index in [4.69, 9.17) is 11.6 Å². The van der Waals surface area contributed by atoms with E-state index < -0.39 is 22.6 Å². The standard InChI is InChI=1S/C21H18ClF3N2S/c1-20(2,3)28-16-10-13(12-4-7-14(8-5-12)21(23,24)25)6-9-15(16)18-17(28)11-26-27-19(18)22/h4-11,28H,1-3H3. The highest BCUT2D eigenvalue weighted by Crippen LogP contribution is 2.65. The molecule has 0 saturated carbocycles. The summed E-state index contributed by atoms with van der Waals surface area (Å²) in [6.07, 6.45) is -2.55. The molecule has 0 fully saturated rings. The SMILES string of the molecule is CC(C)(C)[SH]1c2cc(-c3ccc(C(F)(F)F)cc3)ccc2-c2c1cnnc2Cl. The molecule has 2 nitrogen and oxygen atoms in total. The number of hydrogen-bond acceptors (Lipinski definition) is 2. The molecule has 2 aromatic carbocycles. The Bertz CT molecular complexity index is 1060. The highest BCUT2D eigenvalue weighted by molar-refractivity contribution is 8.18. The highest BCUT2D eigenvalue weighted by Gasteiger charge is 2.36. The molecule has 0 spiro atoms. The zero-order chi connectivity index (χ0) is 20.3. The van der Waals surface area contributed by atoms with Gasteiger partial charge in [0.15, 0.2) is 5.15 Å². The van der Waals surface area contributed by atoms with E-state index in [9.17, 15) is 13.2 Å². The van der Waals surface area contributed by atoms with Crippen LogP contribution >= 0.6 is 22.5 Å². The van der Waals surface area contributed by atoms with Crippen molar-refractivity contribution in [2.24, 2.45) is 0 Å². The molecule has 28 heavy (non-hydrogen) atoms. The van der Waals surface area contributed by atoms with Crippen molar-refractivity contribution in [1.82, 2.24) is 10.2 Å². The molecule has 0 saturated heterocycles. The smallest absolute Gasteiger partial charge is 0.192 e. The lowest BCUT2D eigenvalue weighted by Gasteiger charge is -2.33. The molecular formula is C21H18ClF3N2S. The zero-order valence-electron chi connectivity index (χ0n) is 15.5. The summed E-state index contributed by atoms with van der Waals surface area (Å²) in [6.45, 7) is 6.53. The Morgan fingerprint density at radius 1 is 0.893 bits per heavy atom. The molecule has 0 aliphatic carbocycles. The summed E-state index contributed by atoms with van der Waals surface area (Å²) >= 11 is 6.36. The number of aromatic nitrogens is 2. The predicted octanol–water partition coefficient (Wildman–Crippen LogP) is 7.01. The Morgan fingerprint density at radius 3 is 2.14 bits per heavy atom. The Hall–Kier alpha value is -2.05. The first-order valence-corrected chi connectivity index (χ1v) is 10.4. The minimum Gasteiger partial charge on any atom is -0.192 e. The van der Waals surface area contributed by atoms with Gasteiger partial charge in [0.05, 0.1) is 11.8 Å². The average molecular weight is 423 g/mol. The lowest BCUT2D eigenvalue weighted by atomic mass is 10.0. The first-order chi connectivity index (χ1) is 13.1. The molecule has 146 valence electrons. The number of hydrogen-bond donors (Lipinski definition) is 1. The summed E-state index contributed by atoms with van der Waals surface area (Å²) in [5, 5.41) is 8.43. The average Bonchev–Trinajstić information content (AvgIpc) is 2.96. The Labute approximate surface area is 169 Å². The van der Waals surface area contributed by atoms with Crippen molar-refractivity contribution >= 4 is 22.5 Å². The third kappa shape index (κ3) is 3.18. The fourth-order valence-electron chi connectivity index (χ4n) is 3.58. The van der Waals surface area contributed by atoms with Crippen LogP contribution in [0.2, 0.25) is 5.15 Å². The molecule has 7 heteroatoms. The van der Waals surface area contributed by atoms with Crippen LogP contribution in [0, 0.1) is 0 Å². The second kappa shape index (κ2) is 6.49. The molecule has 3 aromatic rings. The van der Waals surface area contributed by atoms with E-state index in [1.165, 1.54) is 12.1 Å². The molecule has 0 radical (unpaired) electrons. The fourth-order valence-corrected chi connectivity index (χ4v) is 6.92. The number of fused-ring (bicyclic) bond motifs is 3. The van der Waals surface area contributed by atoms with Crippen LogP contribution in [0.5, 0.6) is 0 Å². The summed E-state index contributed by atoms with van der Waals surface area (Å²) in [5.74, 6) is 0. The molecule has 1 unspecified atom stereocenters. The molecule has 1 aromatic heterocycles. The maximum atomic E-state index is 12.9. The van der Waals surface area contributed by atoms with Crippen molar-refractivity contribution in [2.45, 2.75) is 41.5 Å². The van der Waals surface area contributed by atoms with Crippen LogP contribution in [-0.4, -0.2) is 14.9 Å². The minimum atomic E-state index is -4.34. The van der Waals surface area contributed by atoms with Gasteiger partial charge in [-0.05, 0) is 39.6 Å². The molecule has 1 aliphatic heterocycles. The topological polar surface area (TPSA) is 25.8 Å². The van der Waals surface area contributed by atoms with Crippen molar-refractivity contribution in [3.05, 3.63) is 59.4 Å². The van der Waals surface area contributed by atoms with Gasteiger partial charge in [0, 0.05) is 15.4 Å². The van der Waals surface area contributed by atoms with Crippen LogP contribution in [-0.2, 0) is 6.18 Å². The predicted molar refractivity (Wildman–Crippen MR) is 108 cm³/mol. The third-order valence-corrected chi connectivity index (χ3v) is 8.03. The Balaban J connectivity index is 1.85. The third-order valence-electron chi connectivity index (χ3n) is 4.75. The Kier molecular flexibility index (Phi) is 4.47. The van der Waals surface area contributed by atoms with E-state index in [-0.39, 0.29) is 4.75 Å². The van der Waals surface area contributed by atoms with Crippen LogP contribution in [0.1, 0.15) is 26.3 Å². The second-order valence-electron chi connectivity index (χ2n) is 7.71. The summed E-state index contributed by atoms with van der Waals surface area (Å²) in [5.41, 5.74) is 2.94. The molecular weight excluding hydrogens is 405 g/mol. The van der Waals surface area contributed by atoms with Crippen LogP contribution in [0.25, 0.3) is 22.3 Å². The van der Waals surface area contributed by atoms with Gasteiger partial charge in [0.1, 0.15) is 0 Å². The van der Waals surface area contributed by atoms with E-state index in [1.807, 2.05) is 12.1 Å². The minimum absolute atomic E-state index is 0.0273. The van der Waals surface area contributed by atoms with Crippen molar-refractivity contribution < 1.29 is 13.2 Å². The number of nitrogens with zero attached hydrogens (tertiary/aromatic N) is 2. The van der Waals surface area contributed by atoms with Crippen LogP contribution in [0.4, 0.5) is 13.2 Å². The van der Waals surface area contributed by atoms with E-state index in [0.29, 0.717) is 5.15 Å². The van der Waals surface area contributed by atoms with Gasteiger partial charge >= 0.3 is 6.18 Å². The molecule has 1 aliphatic rings. The van der Waals surface area contributed by atoms with Crippen LogP contribution in [0.15, 0.2) is 58.5 Å². The van der Waals surface area contributed by atoms with Crippen molar-refractivity contribution in [3.8, 4) is 22.3 Å². The monoisotopic (exact) mass is 422 g/mol. The number of benzene rings is 2. The van der Waals surface area contributed by atoms with Crippen molar-refractivity contribution in [2.75, 3.05) is 0 Å². The summed E-state index contributed by atoms with van der Waals surface area (Å²) in [6, 6.07) is 11.3. The largest absolute Gasteiger partial charge is 0.416 e. The van der Waals surface area contributed by atoms with Gasteiger partial charge in [-0.3, -0.25) is 0 Å². The maximum Gasteiger partial charge on any atom is 0.416 e. The quantitative estimate of drug-likeness (QED) is 0.426. The van der Waals surface area contributed by atoms with Gasteiger partial charge in [-0.1, -0.05) is 56.6 Å². The molecule has 0 N–H and O–H groups in total. The zero-order valence-corrected chi connectivity index (χ0v) is 17.1. The normalized spacial score (nSPS) is 17.3. The molecule has 2 heterocycles. The maximum absolute atomic E-state index is 12.9. The van der Waals surface area contributed by atoms with E-state index >= 15 is 0 Å². The van der Waals surface area contributed by atoms with Gasteiger partial charge in [-0.15, -0.1) is 5.10 Å². The molecule has 1 atom stereocenters. The number of rotatable bonds is 1. The number of alkyl halides is 3. The van der Waals surface area contributed by atoms with Gasteiger partial charge in [-0.2, -0.15) is 29.2 Å². The lowest BCUT2D eigenvalue weighted by molar-refractivity contribution is -0.137. The second-order valence-corrected chi connectivity index (χ2v) is 11.0. The molecule has 0 bridgehead atoms. The lowest BCUT2D eigenvalue weighted by Crippen LogP contribution is -2.14. The molecule has 0 amide bonds.